The lowest BCUT2D eigenvalue weighted by atomic mass is 10.0. The van der Waals surface area contributed by atoms with E-state index in [0.29, 0.717) is 54.3 Å². The van der Waals surface area contributed by atoms with E-state index in [1.807, 2.05) is 6.92 Å². The number of likely N-dealkylation sites (tertiary alicyclic amines) is 1. The standard InChI is InChI=1S/C31H44N8O2/c1-5-27-31(41-26-13-16-39(21-26)28(40)6-2)35-30(29(34-27)22(3)32)33-23-7-9-24(10-8-23)37-14-11-25(12-15-37)38-19-17-36(4)18-20-38/h6-10,25-26H,2-3,5,11-21,32H2,1,4H3,(H,33,35)/t26-/m1/s1. The Labute approximate surface area is 243 Å². The molecule has 3 aliphatic rings. The van der Waals surface area contributed by atoms with Crippen LogP contribution in [0.4, 0.5) is 17.2 Å². The summed E-state index contributed by atoms with van der Waals surface area (Å²) in [6.07, 6.45) is 4.95. The van der Waals surface area contributed by atoms with Crippen LogP contribution in [0.25, 0.3) is 5.70 Å². The maximum Gasteiger partial charge on any atom is 0.246 e. The summed E-state index contributed by atoms with van der Waals surface area (Å²) >= 11 is 0. The van der Waals surface area contributed by atoms with Gasteiger partial charge in [-0.05, 0) is 56.7 Å². The Balaban J connectivity index is 1.24. The molecule has 220 valence electrons. The van der Waals surface area contributed by atoms with Crippen LogP contribution in [-0.2, 0) is 11.2 Å². The Kier molecular flexibility index (Phi) is 9.09. The van der Waals surface area contributed by atoms with Gasteiger partial charge in [0.25, 0.3) is 0 Å². The van der Waals surface area contributed by atoms with Crippen molar-refractivity contribution in [3.05, 3.63) is 54.9 Å². The Morgan fingerprint density at radius 1 is 1.07 bits per heavy atom. The van der Waals surface area contributed by atoms with Crippen LogP contribution in [0.5, 0.6) is 5.88 Å². The van der Waals surface area contributed by atoms with Gasteiger partial charge < -0.3 is 30.5 Å². The van der Waals surface area contributed by atoms with E-state index in [1.165, 1.54) is 50.8 Å². The van der Waals surface area contributed by atoms with E-state index in [9.17, 15) is 4.79 Å². The molecular weight excluding hydrogens is 516 g/mol. The fraction of sp³-hybridized carbons (Fsp3) is 0.516. The largest absolute Gasteiger partial charge is 0.471 e. The number of hydrogen-bond acceptors (Lipinski definition) is 9. The Hall–Kier alpha value is -3.63. The molecule has 10 nitrogen and oxygen atoms in total. The maximum atomic E-state index is 12.0. The third-order valence-electron chi connectivity index (χ3n) is 8.49. The van der Waals surface area contributed by atoms with E-state index in [-0.39, 0.29) is 12.0 Å². The molecule has 0 spiro atoms. The summed E-state index contributed by atoms with van der Waals surface area (Å²) in [5, 5.41) is 3.39. The molecule has 3 saturated heterocycles. The predicted octanol–water partition coefficient (Wildman–Crippen LogP) is 3.09. The van der Waals surface area contributed by atoms with E-state index in [1.54, 1.807) is 4.90 Å². The lowest BCUT2D eigenvalue weighted by Gasteiger charge is -2.42. The van der Waals surface area contributed by atoms with Crippen molar-refractivity contribution in [3.63, 3.8) is 0 Å². The normalized spacial score (nSPS) is 20.7. The second-order valence-corrected chi connectivity index (χ2v) is 11.3. The van der Waals surface area contributed by atoms with Gasteiger partial charge in [-0.15, -0.1) is 0 Å². The highest BCUT2D eigenvalue weighted by Gasteiger charge is 2.29. The summed E-state index contributed by atoms with van der Waals surface area (Å²) in [7, 11) is 2.21. The smallest absolute Gasteiger partial charge is 0.246 e. The third-order valence-corrected chi connectivity index (χ3v) is 8.49. The summed E-state index contributed by atoms with van der Waals surface area (Å²) in [4.78, 5) is 30.9. The number of nitrogens with zero attached hydrogens (tertiary/aromatic N) is 6. The van der Waals surface area contributed by atoms with Crippen molar-refractivity contribution in [2.45, 2.75) is 44.8 Å². The molecule has 41 heavy (non-hydrogen) atoms. The zero-order valence-corrected chi connectivity index (χ0v) is 24.5. The van der Waals surface area contributed by atoms with Gasteiger partial charge in [0.1, 0.15) is 17.5 Å². The molecule has 1 atom stereocenters. The van der Waals surface area contributed by atoms with Gasteiger partial charge in [0, 0.05) is 69.7 Å². The van der Waals surface area contributed by atoms with Crippen LogP contribution in [0.15, 0.2) is 43.5 Å². The molecule has 3 fully saturated rings. The number of benzene rings is 1. The number of carbonyl (C=O) groups excluding carboxylic acids is 1. The van der Waals surface area contributed by atoms with Crippen LogP contribution in [0.2, 0.25) is 0 Å². The van der Waals surface area contributed by atoms with E-state index in [0.717, 1.165) is 25.2 Å². The van der Waals surface area contributed by atoms with Crippen molar-refractivity contribution < 1.29 is 9.53 Å². The highest BCUT2D eigenvalue weighted by molar-refractivity contribution is 5.87. The number of piperidine rings is 1. The van der Waals surface area contributed by atoms with Crippen LogP contribution in [-0.4, -0.2) is 102 Å². The van der Waals surface area contributed by atoms with Gasteiger partial charge in [0.15, 0.2) is 5.82 Å². The van der Waals surface area contributed by atoms with E-state index >= 15 is 0 Å². The number of nitrogens with one attached hydrogen (secondary N) is 1. The van der Waals surface area contributed by atoms with Crippen LogP contribution in [0.1, 0.15) is 37.6 Å². The quantitative estimate of drug-likeness (QED) is 0.448. The van der Waals surface area contributed by atoms with Crippen LogP contribution < -0.4 is 20.7 Å². The van der Waals surface area contributed by atoms with Gasteiger partial charge in [0.05, 0.1) is 12.2 Å². The second kappa shape index (κ2) is 12.9. The molecule has 5 rings (SSSR count). The number of ether oxygens (including phenoxy) is 1. The molecular formula is C31H44N8O2. The molecule has 3 aliphatic heterocycles. The van der Waals surface area contributed by atoms with Gasteiger partial charge in [0.2, 0.25) is 11.8 Å². The molecule has 0 aliphatic carbocycles. The Morgan fingerprint density at radius 2 is 1.78 bits per heavy atom. The summed E-state index contributed by atoms with van der Waals surface area (Å²) in [5.74, 6) is 0.873. The van der Waals surface area contributed by atoms with Crippen LogP contribution >= 0.6 is 0 Å². The highest BCUT2D eigenvalue weighted by Crippen LogP contribution is 2.30. The van der Waals surface area contributed by atoms with Gasteiger partial charge >= 0.3 is 0 Å². The summed E-state index contributed by atoms with van der Waals surface area (Å²) in [6, 6.07) is 9.14. The Bertz CT molecular complexity index is 1230. The number of aryl methyl sites for hydroxylation is 1. The van der Waals surface area contributed by atoms with Crippen molar-refractivity contribution in [2.24, 2.45) is 5.73 Å². The third kappa shape index (κ3) is 6.82. The zero-order valence-electron chi connectivity index (χ0n) is 24.5. The maximum absolute atomic E-state index is 12.0. The molecule has 3 N–H and O–H groups in total. The zero-order chi connectivity index (χ0) is 28.9. The van der Waals surface area contributed by atoms with E-state index in [4.69, 9.17) is 20.4 Å². The fourth-order valence-electron chi connectivity index (χ4n) is 5.97. The minimum atomic E-state index is -0.155. The number of anilines is 3. The number of rotatable bonds is 9. The monoisotopic (exact) mass is 560 g/mol. The lowest BCUT2D eigenvalue weighted by molar-refractivity contribution is -0.125. The number of hydrogen-bond donors (Lipinski definition) is 2. The highest BCUT2D eigenvalue weighted by atomic mass is 16.5. The van der Waals surface area contributed by atoms with Crippen LogP contribution in [0, 0.1) is 0 Å². The number of piperazine rings is 1. The summed E-state index contributed by atoms with van der Waals surface area (Å²) in [5.41, 5.74) is 9.80. The van der Waals surface area contributed by atoms with Crippen molar-refractivity contribution in [1.29, 1.82) is 0 Å². The van der Waals surface area contributed by atoms with Gasteiger partial charge in [-0.2, -0.15) is 4.98 Å². The first-order valence-corrected chi connectivity index (χ1v) is 14.8. The Morgan fingerprint density at radius 3 is 2.41 bits per heavy atom. The molecule has 0 bridgehead atoms. The SMILES string of the molecule is C=CC(=O)N1CC[C@@H](Oc2nc(Nc3ccc(N4CCC(N5CCN(C)CC5)CC4)cc3)c(C(=C)N)nc2CC)C1. The topological polar surface area (TPSA) is 103 Å². The van der Waals surface area contributed by atoms with Gasteiger partial charge in [-0.25, -0.2) is 4.98 Å². The minimum absolute atomic E-state index is 0.0853. The van der Waals surface area contributed by atoms with Crippen molar-refractivity contribution in [3.8, 4) is 5.88 Å². The average molecular weight is 561 g/mol. The van der Waals surface area contributed by atoms with Crippen molar-refractivity contribution in [2.75, 3.05) is 69.6 Å². The molecule has 0 saturated carbocycles. The minimum Gasteiger partial charge on any atom is -0.471 e. The molecule has 0 unspecified atom stereocenters. The number of likely N-dealkylation sites (N-methyl/N-ethyl adjacent to an activating group) is 1. The number of nitrogens with two attached hydrogens (primary N) is 1. The number of carbonyl (C=O) groups is 1. The first-order chi connectivity index (χ1) is 19.8. The van der Waals surface area contributed by atoms with Gasteiger partial charge in [-0.1, -0.05) is 20.1 Å². The molecule has 0 radical (unpaired) electrons. The molecule has 1 aromatic carbocycles. The molecule has 1 amide bonds. The summed E-state index contributed by atoms with van der Waals surface area (Å²) in [6.45, 7) is 17.5. The summed E-state index contributed by atoms with van der Waals surface area (Å²) < 4.78 is 6.27. The number of amides is 1. The molecule has 2 aromatic rings. The second-order valence-electron chi connectivity index (χ2n) is 11.3. The van der Waals surface area contributed by atoms with Gasteiger partial charge in [-0.3, -0.25) is 9.69 Å². The first kappa shape index (κ1) is 28.9. The van der Waals surface area contributed by atoms with Crippen LogP contribution in [0.3, 0.4) is 0 Å². The number of aromatic nitrogens is 2. The molecule has 10 heteroatoms. The van der Waals surface area contributed by atoms with E-state index < -0.39 is 0 Å². The van der Waals surface area contributed by atoms with E-state index in [2.05, 4.69) is 64.5 Å². The first-order valence-electron chi connectivity index (χ1n) is 14.8. The molecule has 4 heterocycles. The average Bonchev–Trinajstić information content (AvgIpc) is 3.46. The predicted molar refractivity (Wildman–Crippen MR) is 164 cm³/mol. The molecule has 1 aromatic heterocycles. The lowest BCUT2D eigenvalue weighted by Crippen LogP contribution is -2.52. The fourth-order valence-corrected chi connectivity index (χ4v) is 5.97. The van der Waals surface area contributed by atoms with Crippen molar-refractivity contribution in [1.82, 2.24) is 24.7 Å². The van der Waals surface area contributed by atoms with Crippen molar-refractivity contribution >= 4 is 28.8 Å².